The number of carbonyl (C=O) groups excluding carboxylic acids is 1. The van der Waals surface area contributed by atoms with Crippen LogP contribution in [0.15, 0.2) is 36.7 Å². The first-order valence-corrected chi connectivity index (χ1v) is 11.3. The van der Waals surface area contributed by atoms with Gasteiger partial charge in [0, 0.05) is 36.6 Å². The summed E-state index contributed by atoms with van der Waals surface area (Å²) in [5.41, 5.74) is 4.64. The van der Waals surface area contributed by atoms with Crippen molar-refractivity contribution >= 4 is 11.6 Å². The number of hydrogen-bond donors (Lipinski definition) is 0. The normalized spacial score (nSPS) is 19.5. The number of hydrogen-bond acceptors (Lipinski definition) is 3. The van der Waals surface area contributed by atoms with Gasteiger partial charge in [-0.05, 0) is 56.9 Å². The Morgan fingerprint density at radius 2 is 1.85 bits per heavy atom. The summed E-state index contributed by atoms with van der Waals surface area (Å²) in [4.78, 5) is 20.0. The van der Waals surface area contributed by atoms with Gasteiger partial charge in [0.05, 0.1) is 28.7 Å². The molecular formula is C25H22F3N5O. The monoisotopic (exact) mass is 465 g/mol. The summed E-state index contributed by atoms with van der Waals surface area (Å²) in [7, 11) is 1.71. The lowest BCUT2D eigenvalue weighted by atomic mass is 9.81. The standard InChI is InChI=1S/C25H22F3N5O/c1-13-11-32-12-14(6-7-21(32)29-13)25(34)33-16-4-3-5-20(33)23-17(10-16)24(31(2)30-23)15-8-18(26)22(28)19(27)9-15/h6-9,11-12,16,20H,3-5,10H2,1-2H3/t16-,20+/m1/s1. The lowest BCUT2D eigenvalue weighted by Crippen LogP contribution is -2.49. The Labute approximate surface area is 193 Å². The zero-order valence-electron chi connectivity index (χ0n) is 18.7. The van der Waals surface area contributed by atoms with E-state index in [0.717, 1.165) is 54.0 Å². The fourth-order valence-corrected chi connectivity index (χ4v) is 5.60. The third kappa shape index (κ3) is 3.06. The van der Waals surface area contributed by atoms with Gasteiger partial charge >= 0.3 is 0 Å². The molecule has 2 bridgehead atoms. The highest BCUT2D eigenvalue weighted by atomic mass is 19.2. The van der Waals surface area contributed by atoms with E-state index in [2.05, 4.69) is 10.1 Å². The highest BCUT2D eigenvalue weighted by molar-refractivity contribution is 5.95. The number of aryl methyl sites for hydroxylation is 2. The van der Waals surface area contributed by atoms with Gasteiger partial charge < -0.3 is 9.30 Å². The molecule has 1 amide bonds. The molecular weight excluding hydrogens is 443 g/mol. The minimum atomic E-state index is -1.49. The van der Waals surface area contributed by atoms with E-state index in [1.165, 1.54) is 0 Å². The Morgan fingerprint density at radius 1 is 1.09 bits per heavy atom. The number of rotatable bonds is 2. The van der Waals surface area contributed by atoms with Crippen LogP contribution in [0.5, 0.6) is 0 Å². The van der Waals surface area contributed by atoms with Crippen molar-refractivity contribution in [1.29, 1.82) is 0 Å². The summed E-state index contributed by atoms with van der Waals surface area (Å²) in [6, 6.07) is 5.35. The molecule has 2 aliphatic heterocycles. The Kier molecular flexibility index (Phi) is 4.59. The first kappa shape index (κ1) is 20.9. The highest BCUT2D eigenvalue weighted by Crippen LogP contribution is 2.45. The fourth-order valence-electron chi connectivity index (χ4n) is 5.60. The van der Waals surface area contributed by atoms with E-state index in [0.29, 0.717) is 17.7 Å². The average molecular weight is 465 g/mol. The summed E-state index contributed by atoms with van der Waals surface area (Å²) in [5, 5.41) is 4.68. The highest BCUT2D eigenvalue weighted by Gasteiger charge is 2.43. The Morgan fingerprint density at radius 3 is 2.62 bits per heavy atom. The van der Waals surface area contributed by atoms with E-state index >= 15 is 0 Å². The molecule has 0 N–H and O–H groups in total. The van der Waals surface area contributed by atoms with Crippen molar-refractivity contribution in [1.82, 2.24) is 24.1 Å². The maximum Gasteiger partial charge on any atom is 0.256 e. The second-order valence-electron chi connectivity index (χ2n) is 9.17. The van der Waals surface area contributed by atoms with E-state index in [-0.39, 0.29) is 23.6 Å². The molecule has 0 spiro atoms. The third-order valence-corrected chi connectivity index (χ3v) is 6.99. The quantitative estimate of drug-likeness (QED) is 0.402. The van der Waals surface area contributed by atoms with Gasteiger partial charge in [0.2, 0.25) is 0 Å². The molecule has 0 saturated carbocycles. The van der Waals surface area contributed by atoms with Crippen LogP contribution in [-0.2, 0) is 13.5 Å². The molecule has 0 radical (unpaired) electrons. The van der Waals surface area contributed by atoms with Crippen molar-refractivity contribution in [3.8, 4) is 11.3 Å². The fraction of sp³-hybridized carbons (Fsp3) is 0.320. The predicted octanol–water partition coefficient (Wildman–Crippen LogP) is 4.75. The number of aromatic nitrogens is 4. The molecule has 2 atom stereocenters. The van der Waals surface area contributed by atoms with Crippen molar-refractivity contribution in [3.05, 3.63) is 76.6 Å². The Bertz CT molecular complexity index is 1450. The molecule has 3 aromatic heterocycles. The summed E-state index contributed by atoms with van der Waals surface area (Å²) >= 11 is 0. The van der Waals surface area contributed by atoms with Crippen LogP contribution in [0.2, 0.25) is 0 Å². The van der Waals surface area contributed by atoms with Crippen LogP contribution < -0.4 is 0 Å². The predicted molar refractivity (Wildman–Crippen MR) is 119 cm³/mol. The molecule has 4 aromatic rings. The number of piperidine rings is 1. The zero-order valence-corrected chi connectivity index (χ0v) is 18.7. The average Bonchev–Trinajstić information content (AvgIpc) is 3.33. The lowest BCUT2D eigenvalue weighted by Gasteiger charge is -2.45. The SMILES string of the molecule is Cc1cn2cc(C(=O)N3[C@@H]4CCC[C@H]3c3nn(C)c(-c5cc(F)c(F)c(F)c5)c3C4)ccc2n1. The van der Waals surface area contributed by atoms with Gasteiger partial charge in [0.25, 0.3) is 5.91 Å². The molecule has 5 heterocycles. The molecule has 1 saturated heterocycles. The molecule has 1 fully saturated rings. The van der Waals surface area contributed by atoms with E-state index in [1.807, 2.05) is 28.5 Å². The van der Waals surface area contributed by atoms with Gasteiger partial charge in [0.15, 0.2) is 17.5 Å². The minimum Gasteiger partial charge on any atom is -0.327 e. The van der Waals surface area contributed by atoms with Crippen LogP contribution in [0.4, 0.5) is 13.2 Å². The van der Waals surface area contributed by atoms with Gasteiger partial charge in [-0.1, -0.05) is 0 Å². The number of benzene rings is 1. The first-order chi connectivity index (χ1) is 16.3. The minimum absolute atomic E-state index is 0.0583. The lowest BCUT2D eigenvalue weighted by molar-refractivity contribution is 0.0391. The zero-order chi connectivity index (χ0) is 23.7. The Balaban J connectivity index is 1.42. The van der Waals surface area contributed by atoms with Crippen molar-refractivity contribution in [2.75, 3.05) is 0 Å². The van der Waals surface area contributed by atoms with Crippen molar-refractivity contribution in [2.24, 2.45) is 7.05 Å². The van der Waals surface area contributed by atoms with Crippen LogP contribution in [-0.4, -0.2) is 36.0 Å². The van der Waals surface area contributed by atoms with E-state index < -0.39 is 17.5 Å². The van der Waals surface area contributed by atoms with Crippen molar-refractivity contribution in [3.63, 3.8) is 0 Å². The third-order valence-electron chi connectivity index (χ3n) is 6.99. The largest absolute Gasteiger partial charge is 0.327 e. The van der Waals surface area contributed by atoms with E-state index in [4.69, 9.17) is 0 Å². The van der Waals surface area contributed by atoms with Crippen LogP contribution in [0.25, 0.3) is 16.9 Å². The maximum atomic E-state index is 14.0. The summed E-state index contributed by atoms with van der Waals surface area (Å²) in [6.07, 6.45) is 6.75. The van der Waals surface area contributed by atoms with Crippen LogP contribution in [0.3, 0.4) is 0 Å². The number of imidazole rings is 1. The summed E-state index contributed by atoms with van der Waals surface area (Å²) in [6.45, 7) is 1.91. The molecule has 0 aliphatic carbocycles. The molecule has 1 aromatic carbocycles. The number of pyridine rings is 1. The molecule has 6 nitrogen and oxygen atoms in total. The van der Waals surface area contributed by atoms with Gasteiger partial charge in [-0.2, -0.15) is 5.10 Å². The molecule has 34 heavy (non-hydrogen) atoms. The second-order valence-corrected chi connectivity index (χ2v) is 9.17. The number of nitrogens with zero attached hydrogens (tertiary/aromatic N) is 5. The second kappa shape index (κ2) is 7.44. The first-order valence-electron chi connectivity index (χ1n) is 11.3. The van der Waals surface area contributed by atoms with Gasteiger partial charge in [0.1, 0.15) is 5.65 Å². The van der Waals surface area contributed by atoms with Crippen molar-refractivity contribution < 1.29 is 18.0 Å². The molecule has 2 aliphatic rings. The van der Waals surface area contributed by atoms with E-state index in [1.54, 1.807) is 24.0 Å². The van der Waals surface area contributed by atoms with Gasteiger partial charge in [-0.25, -0.2) is 18.2 Å². The number of halogens is 3. The van der Waals surface area contributed by atoms with E-state index in [9.17, 15) is 18.0 Å². The number of carbonyl (C=O) groups is 1. The van der Waals surface area contributed by atoms with Crippen LogP contribution >= 0.6 is 0 Å². The summed E-state index contributed by atoms with van der Waals surface area (Å²) in [5.74, 6) is -4.02. The Hall–Kier alpha value is -3.62. The smallest absolute Gasteiger partial charge is 0.256 e. The maximum absolute atomic E-state index is 14.0. The van der Waals surface area contributed by atoms with Gasteiger partial charge in [-0.15, -0.1) is 0 Å². The molecule has 6 rings (SSSR count). The molecule has 174 valence electrons. The van der Waals surface area contributed by atoms with Crippen LogP contribution in [0, 0.1) is 24.4 Å². The molecule has 9 heteroatoms. The summed E-state index contributed by atoms with van der Waals surface area (Å²) < 4.78 is 45.0. The van der Waals surface area contributed by atoms with Crippen molar-refractivity contribution in [2.45, 2.75) is 44.7 Å². The van der Waals surface area contributed by atoms with Crippen LogP contribution in [0.1, 0.15) is 52.6 Å². The van der Waals surface area contributed by atoms with Gasteiger partial charge in [-0.3, -0.25) is 9.48 Å². The number of amides is 1. The topological polar surface area (TPSA) is 55.4 Å². The number of fused-ring (bicyclic) bond motifs is 5. The molecule has 0 unspecified atom stereocenters.